The Morgan fingerprint density at radius 2 is 1.83 bits per heavy atom. The van der Waals surface area contributed by atoms with Gasteiger partial charge in [-0.25, -0.2) is 4.79 Å². The number of ether oxygens (including phenoxy) is 1. The van der Waals surface area contributed by atoms with Gasteiger partial charge in [-0.05, 0) is 44.7 Å². The van der Waals surface area contributed by atoms with Crippen LogP contribution in [0.1, 0.15) is 31.2 Å². The third-order valence-corrected chi connectivity index (χ3v) is 6.27. The number of hydrogen-bond acceptors (Lipinski definition) is 5. The molecule has 23 heavy (non-hydrogen) atoms. The third kappa shape index (κ3) is 3.00. The molecule has 1 N–H and O–H groups in total. The first kappa shape index (κ1) is 16.4. The van der Waals surface area contributed by atoms with Crippen molar-refractivity contribution >= 4 is 16.1 Å². The summed E-state index contributed by atoms with van der Waals surface area (Å²) in [6.45, 7) is 2.13. The second-order valence-corrected chi connectivity index (χ2v) is 8.23. The van der Waals surface area contributed by atoms with Crippen molar-refractivity contribution in [2.75, 3.05) is 13.2 Å². The Kier molecular flexibility index (Phi) is 3.98. The van der Waals surface area contributed by atoms with Crippen LogP contribution in [-0.4, -0.2) is 38.3 Å². The van der Waals surface area contributed by atoms with Crippen LogP contribution in [-0.2, 0) is 23.8 Å². The second-order valence-electron chi connectivity index (χ2n) is 6.62. The molecule has 2 bridgehead atoms. The molecule has 1 saturated carbocycles. The number of hydrogen-bond donors (Lipinski definition) is 1. The highest BCUT2D eigenvalue weighted by Gasteiger charge is 2.54. The van der Waals surface area contributed by atoms with E-state index >= 15 is 0 Å². The van der Waals surface area contributed by atoms with E-state index in [1.54, 1.807) is 12.1 Å². The average Bonchev–Trinajstić information content (AvgIpc) is 2.55. The maximum absolute atomic E-state index is 12.3. The first-order valence-electron chi connectivity index (χ1n) is 7.61. The minimum absolute atomic E-state index is 0.0267. The molecule has 2 aliphatic heterocycles. The van der Waals surface area contributed by atoms with Crippen molar-refractivity contribution in [3.05, 3.63) is 29.8 Å². The molecule has 1 aromatic rings. The van der Waals surface area contributed by atoms with Gasteiger partial charge in [-0.2, -0.15) is 8.42 Å². The van der Waals surface area contributed by atoms with Crippen molar-refractivity contribution in [3.8, 4) is 0 Å². The highest BCUT2D eigenvalue weighted by Crippen LogP contribution is 2.49. The van der Waals surface area contributed by atoms with Crippen molar-refractivity contribution in [2.24, 2.45) is 5.41 Å². The summed E-state index contributed by atoms with van der Waals surface area (Å²) < 4.78 is 35.3. The minimum Gasteiger partial charge on any atom is -0.479 e. The molecule has 0 unspecified atom stereocenters. The molecular weight excluding hydrogens is 320 g/mol. The van der Waals surface area contributed by atoms with Gasteiger partial charge >= 0.3 is 5.97 Å². The van der Waals surface area contributed by atoms with Gasteiger partial charge in [-0.1, -0.05) is 17.7 Å². The molecule has 126 valence electrons. The van der Waals surface area contributed by atoms with Gasteiger partial charge in [0.15, 0.2) is 5.60 Å². The topological polar surface area (TPSA) is 89.9 Å². The van der Waals surface area contributed by atoms with Crippen molar-refractivity contribution < 1.29 is 27.2 Å². The first-order chi connectivity index (χ1) is 10.8. The Morgan fingerprint density at radius 1 is 1.22 bits per heavy atom. The number of carboxylic acid groups (broad SMARTS) is 1. The largest absolute Gasteiger partial charge is 0.479 e. The molecule has 0 radical (unpaired) electrons. The van der Waals surface area contributed by atoms with Gasteiger partial charge in [0.05, 0.1) is 18.1 Å². The quantitative estimate of drug-likeness (QED) is 0.826. The Morgan fingerprint density at radius 3 is 2.30 bits per heavy atom. The van der Waals surface area contributed by atoms with Crippen LogP contribution < -0.4 is 0 Å². The molecule has 7 heteroatoms. The fourth-order valence-corrected chi connectivity index (χ4v) is 4.21. The van der Waals surface area contributed by atoms with Crippen LogP contribution >= 0.6 is 0 Å². The lowest BCUT2D eigenvalue weighted by Crippen LogP contribution is -2.56. The molecule has 0 amide bonds. The smallest absolute Gasteiger partial charge is 0.335 e. The number of benzene rings is 1. The third-order valence-electron chi connectivity index (χ3n) is 4.99. The van der Waals surface area contributed by atoms with E-state index < -0.39 is 27.1 Å². The lowest BCUT2D eigenvalue weighted by atomic mass is 9.66. The molecule has 0 spiro atoms. The van der Waals surface area contributed by atoms with E-state index in [0.29, 0.717) is 25.7 Å². The highest BCUT2D eigenvalue weighted by atomic mass is 32.2. The first-order valence-corrected chi connectivity index (χ1v) is 9.01. The fraction of sp³-hybridized carbons (Fsp3) is 0.562. The molecule has 6 nitrogen and oxygen atoms in total. The van der Waals surface area contributed by atoms with Crippen LogP contribution in [0.4, 0.5) is 0 Å². The summed E-state index contributed by atoms with van der Waals surface area (Å²) in [5.41, 5.74) is -0.521. The second kappa shape index (κ2) is 5.58. The van der Waals surface area contributed by atoms with E-state index in [-0.39, 0.29) is 18.1 Å². The van der Waals surface area contributed by atoms with E-state index in [1.807, 2.05) is 6.92 Å². The van der Waals surface area contributed by atoms with Gasteiger partial charge < -0.3 is 9.84 Å². The maximum atomic E-state index is 12.3. The van der Waals surface area contributed by atoms with E-state index in [4.69, 9.17) is 8.92 Å². The molecule has 1 aromatic carbocycles. The van der Waals surface area contributed by atoms with Gasteiger partial charge in [0, 0.05) is 5.41 Å². The lowest BCUT2D eigenvalue weighted by molar-refractivity contribution is -0.211. The van der Waals surface area contributed by atoms with Crippen LogP contribution in [0, 0.1) is 12.3 Å². The summed E-state index contributed by atoms with van der Waals surface area (Å²) in [6.07, 6.45) is 2.00. The summed E-state index contributed by atoms with van der Waals surface area (Å²) in [4.78, 5) is 11.4. The zero-order valence-electron chi connectivity index (χ0n) is 12.9. The van der Waals surface area contributed by atoms with Crippen molar-refractivity contribution in [1.82, 2.24) is 0 Å². The predicted molar refractivity (Wildman–Crippen MR) is 81.5 cm³/mol. The van der Waals surface area contributed by atoms with Gasteiger partial charge in [-0.3, -0.25) is 4.18 Å². The van der Waals surface area contributed by atoms with Gasteiger partial charge in [0.1, 0.15) is 0 Å². The van der Waals surface area contributed by atoms with Crippen molar-refractivity contribution in [3.63, 3.8) is 0 Å². The Hall–Kier alpha value is -1.44. The van der Waals surface area contributed by atoms with E-state index in [9.17, 15) is 18.3 Å². The van der Waals surface area contributed by atoms with Crippen LogP contribution in [0.25, 0.3) is 0 Å². The van der Waals surface area contributed by atoms with Gasteiger partial charge in [0.25, 0.3) is 10.1 Å². The number of aryl methyl sites for hydroxylation is 1. The molecular formula is C16H20O6S. The number of fused-ring (bicyclic) bond motifs is 3. The van der Waals surface area contributed by atoms with Gasteiger partial charge in [-0.15, -0.1) is 0 Å². The monoisotopic (exact) mass is 340 g/mol. The van der Waals surface area contributed by atoms with Crippen LogP contribution in [0.2, 0.25) is 0 Å². The molecule has 2 saturated heterocycles. The predicted octanol–water partition coefficient (Wildman–Crippen LogP) is 2.11. The molecule has 3 aliphatic rings. The lowest BCUT2D eigenvalue weighted by Gasteiger charge is -2.50. The van der Waals surface area contributed by atoms with Crippen molar-refractivity contribution in [1.29, 1.82) is 0 Å². The van der Waals surface area contributed by atoms with Crippen LogP contribution in [0.3, 0.4) is 0 Å². The summed E-state index contributed by atoms with van der Waals surface area (Å²) in [7, 11) is -3.81. The maximum Gasteiger partial charge on any atom is 0.335 e. The summed E-state index contributed by atoms with van der Waals surface area (Å²) in [5, 5.41) is 9.28. The molecule has 0 atom stereocenters. The molecule has 0 aromatic heterocycles. The molecule has 1 aliphatic carbocycles. The van der Waals surface area contributed by atoms with Gasteiger partial charge in [0.2, 0.25) is 0 Å². The molecule has 4 rings (SSSR count). The summed E-state index contributed by atoms with van der Waals surface area (Å²) in [5.74, 6) is -0.931. The number of rotatable bonds is 5. The summed E-state index contributed by atoms with van der Waals surface area (Å²) >= 11 is 0. The SMILES string of the molecule is Cc1ccc(S(=O)(=O)OCC23CCC(C(=O)O)(CC2)OC3)cc1. The highest BCUT2D eigenvalue weighted by molar-refractivity contribution is 7.86. The number of carboxylic acids is 1. The summed E-state index contributed by atoms with van der Waals surface area (Å²) in [6, 6.07) is 6.49. The molecule has 2 heterocycles. The number of carbonyl (C=O) groups is 1. The van der Waals surface area contributed by atoms with E-state index in [1.165, 1.54) is 12.1 Å². The zero-order valence-corrected chi connectivity index (χ0v) is 13.8. The Balaban J connectivity index is 1.67. The van der Waals surface area contributed by atoms with E-state index in [0.717, 1.165) is 5.56 Å². The average molecular weight is 340 g/mol. The normalized spacial score (nSPS) is 30.3. The fourth-order valence-electron chi connectivity index (χ4n) is 3.20. The Labute approximate surface area is 135 Å². The minimum atomic E-state index is -3.81. The molecule has 3 fully saturated rings. The zero-order chi connectivity index (χ0) is 16.7. The van der Waals surface area contributed by atoms with Crippen LogP contribution in [0.5, 0.6) is 0 Å². The van der Waals surface area contributed by atoms with E-state index in [2.05, 4.69) is 0 Å². The Bertz CT molecular complexity index is 682. The van der Waals surface area contributed by atoms with Crippen molar-refractivity contribution in [2.45, 2.75) is 43.1 Å². The number of aliphatic carboxylic acids is 1. The standard InChI is InChI=1S/C16H20O6S/c1-12-2-4-13(5-3-12)23(19,20)22-11-15-6-8-16(9-7-15,14(17)18)21-10-15/h2-5H,6-11H2,1H3,(H,17,18). The van der Waals surface area contributed by atoms with Crippen LogP contribution in [0.15, 0.2) is 29.2 Å².